The topological polar surface area (TPSA) is 50.4 Å². The fraction of sp³-hybridized carbons (Fsp3) is 0.889. The van der Waals surface area contributed by atoms with Crippen LogP contribution in [0.4, 0.5) is 0 Å². The Balaban J connectivity index is 3.59. The van der Waals surface area contributed by atoms with Gasteiger partial charge in [0, 0.05) is 12.6 Å². The van der Waals surface area contributed by atoms with Gasteiger partial charge >= 0.3 is 0 Å². The number of nitrogens with two attached hydrogens (primary N) is 1. The Morgan fingerprint density at radius 1 is 1.42 bits per heavy atom. The first-order chi connectivity index (χ1) is 5.70. The van der Waals surface area contributed by atoms with Crippen molar-refractivity contribution in [1.29, 1.82) is 0 Å². The van der Waals surface area contributed by atoms with Crippen molar-refractivity contribution in [3.05, 3.63) is 0 Å². The fourth-order valence-corrected chi connectivity index (χ4v) is 1.04. The van der Waals surface area contributed by atoms with E-state index < -0.39 is 0 Å². The molecule has 0 heterocycles. The lowest BCUT2D eigenvalue weighted by Crippen LogP contribution is -2.38. The van der Waals surface area contributed by atoms with Crippen LogP contribution in [-0.2, 0) is 0 Å². The van der Waals surface area contributed by atoms with E-state index in [0.29, 0.717) is 12.0 Å². The zero-order valence-electron chi connectivity index (χ0n) is 8.43. The predicted molar refractivity (Wildman–Crippen MR) is 54.3 cm³/mol. The van der Waals surface area contributed by atoms with Gasteiger partial charge < -0.3 is 11.1 Å². The van der Waals surface area contributed by atoms with E-state index in [9.17, 15) is 0 Å². The van der Waals surface area contributed by atoms with Crippen molar-refractivity contribution in [3.8, 4) is 0 Å². The SMILES string of the molecule is CCCN=C(N)NC(C)CCC. The van der Waals surface area contributed by atoms with Crippen molar-refractivity contribution in [3.63, 3.8) is 0 Å². The zero-order valence-corrected chi connectivity index (χ0v) is 8.43. The average molecular weight is 171 g/mol. The van der Waals surface area contributed by atoms with Crippen LogP contribution in [0.5, 0.6) is 0 Å². The Kier molecular flexibility index (Phi) is 6.53. The van der Waals surface area contributed by atoms with Gasteiger partial charge in [-0.1, -0.05) is 20.3 Å². The van der Waals surface area contributed by atoms with Crippen LogP contribution >= 0.6 is 0 Å². The first kappa shape index (κ1) is 11.3. The molecule has 0 aromatic heterocycles. The minimum Gasteiger partial charge on any atom is -0.370 e. The third-order valence-electron chi connectivity index (χ3n) is 1.62. The second-order valence-corrected chi connectivity index (χ2v) is 3.10. The van der Waals surface area contributed by atoms with Crippen LogP contribution < -0.4 is 11.1 Å². The van der Waals surface area contributed by atoms with E-state index in [4.69, 9.17) is 5.73 Å². The molecule has 12 heavy (non-hydrogen) atoms. The molecule has 0 aliphatic carbocycles. The van der Waals surface area contributed by atoms with Crippen LogP contribution in [0.15, 0.2) is 4.99 Å². The Morgan fingerprint density at radius 2 is 2.08 bits per heavy atom. The summed E-state index contributed by atoms with van der Waals surface area (Å²) in [5.74, 6) is 0.581. The van der Waals surface area contributed by atoms with Crippen molar-refractivity contribution in [2.45, 2.75) is 46.1 Å². The highest BCUT2D eigenvalue weighted by Gasteiger charge is 1.99. The van der Waals surface area contributed by atoms with Gasteiger partial charge in [0.15, 0.2) is 5.96 Å². The number of aliphatic imine (C=N–C) groups is 1. The number of nitrogens with one attached hydrogen (secondary N) is 1. The molecule has 0 aliphatic heterocycles. The third kappa shape index (κ3) is 6.01. The molecule has 0 spiro atoms. The third-order valence-corrected chi connectivity index (χ3v) is 1.62. The summed E-state index contributed by atoms with van der Waals surface area (Å²) in [6.07, 6.45) is 3.36. The number of rotatable bonds is 5. The highest BCUT2D eigenvalue weighted by Crippen LogP contribution is 1.93. The fourth-order valence-electron chi connectivity index (χ4n) is 1.04. The lowest BCUT2D eigenvalue weighted by Gasteiger charge is -2.12. The predicted octanol–water partition coefficient (Wildman–Crippen LogP) is 1.49. The maximum Gasteiger partial charge on any atom is 0.188 e. The van der Waals surface area contributed by atoms with Gasteiger partial charge in [0.25, 0.3) is 0 Å². The molecular formula is C9H21N3. The van der Waals surface area contributed by atoms with Crippen molar-refractivity contribution < 1.29 is 0 Å². The van der Waals surface area contributed by atoms with Crippen LogP contribution in [0.25, 0.3) is 0 Å². The lowest BCUT2D eigenvalue weighted by molar-refractivity contribution is 0.592. The zero-order chi connectivity index (χ0) is 9.40. The summed E-state index contributed by atoms with van der Waals surface area (Å²) >= 11 is 0. The molecule has 0 amide bonds. The summed E-state index contributed by atoms with van der Waals surface area (Å²) in [6, 6.07) is 0.440. The molecular weight excluding hydrogens is 150 g/mol. The van der Waals surface area contributed by atoms with Crippen molar-refractivity contribution >= 4 is 5.96 Å². The average Bonchev–Trinajstić information content (AvgIpc) is 2.01. The monoisotopic (exact) mass is 171 g/mol. The van der Waals surface area contributed by atoms with Crippen LogP contribution in [-0.4, -0.2) is 18.5 Å². The first-order valence-electron chi connectivity index (χ1n) is 4.77. The highest BCUT2D eigenvalue weighted by atomic mass is 15.1. The van der Waals surface area contributed by atoms with Gasteiger partial charge in [0.2, 0.25) is 0 Å². The van der Waals surface area contributed by atoms with Crippen LogP contribution in [0.1, 0.15) is 40.0 Å². The Morgan fingerprint density at radius 3 is 2.58 bits per heavy atom. The maximum atomic E-state index is 5.63. The Hall–Kier alpha value is -0.730. The molecule has 0 aromatic carbocycles. The highest BCUT2D eigenvalue weighted by molar-refractivity contribution is 5.78. The molecule has 0 saturated carbocycles. The second kappa shape index (κ2) is 6.95. The summed E-state index contributed by atoms with van der Waals surface area (Å²) in [5.41, 5.74) is 5.63. The van der Waals surface area contributed by atoms with E-state index in [1.54, 1.807) is 0 Å². The molecule has 0 saturated heterocycles. The minimum atomic E-state index is 0.440. The standard InChI is InChI=1S/C9H21N3/c1-4-6-8(3)12-9(10)11-7-5-2/h8H,4-7H2,1-3H3,(H3,10,11,12). The van der Waals surface area contributed by atoms with Gasteiger partial charge in [-0.25, -0.2) is 0 Å². The summed E-state index contributed by atoms with van der Waals surface area (Å²) in [6.45, 7) is 7.19. The smallest absolute Gasteiger partial charge is 0.188 e. The molecule has 3 N–H and O–H groups in total. The number of nitrogens with zero attached hydrogens (tertiary/aromatic N) is 1. The number of hydrogen-bond donors (Lipinski definition) is 2. The molecule has 0 rings (SSSR count). The van der Waals surface area contributed by atoms with Gasteiger partial charge in [-0.05, 0) is 19.8 Å². The molecule has 0 bridgehead atoms. The Labute approximate surface area is 75.4 Å². The summed E-state index contributed by atoms with van der Waals surface area (Å²) in [5, 5.41) is 3.14. The van der Waals surface area contributed by atoms with Gasteiger partial charge in [0.05, 0.1) is 0 Å². The molecule has 0 aromatic rings. The van der Waals surface area contributed by atoms with Gasteiger partial charge in [-0.2, -0.15) is 0 Å². The summed E-state index contributed by atoms with van der Waals surface area (Å²) < 4.78 is 0. The molecule has 72 valence electrons. The second-order valence-electron chi connectivity index (χ2n) is 3.10. The number of hydrogen-bond acceptors (Lipinski definition) is 1. The quantitative estimate of drug-likeness (QED) is 0.486. The molecule has 0 radical (unpaired) electrons. The van der Waals surface area contributed by atoms with E-state index in [1.807, 2.05) is 0 Å². The van der Waals surface area contributed by atoms with Crippen LogP contribution in [0.3, 0.4) is 0 Å². The van der Waals surface area contributed by atoms with Crippen molar-refractivity contribution in [2.24, 2.45) is 10.7 Å². The number of guanidine groups is 1. The van der Waals surface area contributed by atoms with Crippen molar-refractivity contribution in [1.82, 2.24) is 5.32 Å². The van der Waals surface area contributed by atoms with E-state index in [2.05, 4.69) is 31.1 Å². The molecule has 0 fully saturated rings. The van der Waals surface area contributed by atoms with Gasteiger partial charge in [0.1, 0.15) is 0 Å². The Bertz CT molecular complexity index is 132. The summed E-state index contributed by atoms with van der Waals surface area (Å²) in [4.78, 5) is 4.15. The lowest BCUT2D eigenvalue weighted by atomic mass is 10.2. The molecule has 1 unspecified atom stereocenters. The molecule has 1 atom stereocenters. The molecule has 3 heteroatoms. The van der Waals surface area contributed by atoms with Crippen LogP contribution in [0.2, 0.25) is 0 Å². The van der Waals surface area contributed by atoms with Gasteiger partial charge in [-0.15, -0.1) is 0 Å². The van der Waals surface area contributed by atoms with E-state index >= 15 is 0 Å². The van der Waals surface area contributed by atoms with Crippen molar-refractivity contribution in [2.75, 3.05) is 6.54 Å². The molecule has 3 nitrogen and oxygen atoms in total. The largest absolute Gasteiger partial charge is 0.370 e. The van der Waals surface area contributed by atoms with E-state index in [0.717, 1.165) is 19.4 Å². The normalized spacial score (nSPS) is 14.4. The minimum absolute atomic E-state index is 0.440. The first-order valence-corrected chi connectivity index (χ1v) is 4.77. The van der Waals surface area contributed by atoms with E-state index in [-0.39, 0.29) is 0 Å². The maximum absolute atomic E-state index is 5.63. The van der Waals surface area contributed by atoms with Gasteiger partial charge in [-0.3, -0.25) is 4.99 Å². The summed E-state index contributed by atoms with van der Waals surface area (Å²) in [7, 11) is 0. The molecule has 0 aliphatic rings. The van der Waals surface area contributed by atoms with Crippen LogP contribution in [0, 0.1) is 0 Å². The van der Waals surface area contributed by atoms with E-state index in [1.165, 1.54) is 6.42 Å².